The topological polar surface area (TPSA) is 30.5 Å². The van der Waals surface area contributed by atoms with Crippen molar-refractivity contribution < 1.29 is 9.47 Å². The molecular weight excluding hydrogens is 330 g/mol. The van der Waals surface area contributed by atoms with Crippen molar-refractivity contribution in [3.63, 3.8) is 0 Å². The molecule has 0 spiro atoms. The molecule has 0 saturated carbocycles. The highest BCUT2D eigenvalue weighted by atomic mass is 79.9. The lowest BCUT2D eigenvalue weighted by molar-refractivity contribution is -0.0431. The third-order valence-corrected chi connectivity index (χ3v) is 4.26. The van der Waals surface area contributed by atoms with Crippen LogP contribution in [-0.4, -0.2) is 5.79 Å². The van der Waals surface area contributed by atoms with Gasteiger partial charge in [0.05, 0.1) is 0 Å². The summed E-state index contributed by atoms with van der Waals surface area (Å²) < 4.78 is 12.6. The molecule has 0 radical (unpaired) electrons. The van der Waals surface area contributed by atoms with Crippen LogP contribution in [0.2, 0.25) is 0 Å². The van der Waals surface area contributed by atoms with Gasteiger partial charge in [-0.15, -0.1) is 0 Å². The van der Waals surface area contributed by atoms with Crippen LogP contribution in [0.25, 0.3) is 0 Å². The summed E-state index contributed by atoms with van der Waals surface area (Å²) in [5.41, 5.74) is 3.51. The molecule has 2 aromatic rings. The van der Waals surface area contributed by atoms with Gasteiger partial charge in [-0.1, -0.05) is 28.1 Å². The van der Waals surface area contributed by atoms with E-state index in [4.69, 9.17) is 9.47 Å². The predicted octanol–water partition coefficient (Wildman–Crippen LogP) is 4.88. The SMILES string of the molecule is Cc1cc(CNc2ccc3c(c2)OC(C)(C)O3)ccc1Br. The number of hydrogen-bond donors (Lipinski definition) is 1. The second-order valence-electron chi connectivity index (χ2n) is 5.70. The molecule has 1 heterocycles. The summed E-state index contributed by atoms with van der Waals surface area (Å²) in [5, 5.41) is 3.41. The van der Waals surface area contributed by atoms with Gasteiger partial charge < -0.3 is 14.8 Å². The summed E-state index contributed by atoms with van der Waals surface area (Å²) in [6, 6.07) is 12.3. The van der Waals surface area contributed by atoms with Crippen LogP contribution in [0.3, 0.4) is 0 Å². The van der Waals surface area contributed by atoms with Crippen LogP contribution in [0.1, 0.15) is 25.0 Å². The van der Waals surface area contributed by atoms with E-state index in [2.05, 4.69) is 46.4 Å². The number of rotatable bonds is 3. The zero-order chi connectivity index (χ0) is 15.0. The summed E-state index contributed by atoms with van der Waals surface area (Å²) in [4.78, 5) is 0. The Balaban J connectivity index is 1.71. The molecule has 1 aliphatic heterocycles. The Kier molecular flexibility index (Phi) is 3.57. The maximum Gasteiger partial charge on any atom is 0.246 e. The van der Waals surface area contributed by atoms with Gasteiger partial charge in [-0.25, -0.2) is 0 Å². The number of benzene rings is 2. The number of nitrogens with one attached hydrogen (secondary N) is 1. The van der Waals surface area contributed by atoms with E-state index >= 15 is 0 Å². The smallest absolute Gasteiger partial charge is 0.246 e. The van der Waals surface area contributed by atoms with E-state index in [-0.39, 0.29) is 0 Å². The molecular formula is C17H18BrNO2. The molecule has 1 aliphatic rings. The molecule has 0 unspecified atom stereocenters. The Morgan fingerprint density at radius 1 is 1.05 bits per heavy atom. The van der Waals surface area contributed by atoms with Crippen LogP contribution in [0.4, 0.5) is 5.69 Å². The van der Waals surface area contributed by atoms with E-state index in [0.29, 0.717) is 0 Å². The standard InChI is InChI=1S/C17H18BrNO2/c1-11-8-12(4-6-14(11)18)10-19-13-5-7-15-16(9-13)21-17(2,3)20-15/h4-9,19H,10H2,1-3H3. The minimum absolute atomic E-state index is 0.580. The lowest BCUT2D eigenvalue weighted by Gasteiger charge is -2.16. The molecule has 0 saturated heterocycles. The van der Waals surface area contributed by atoms with Gasteiger partial charge in [0.15, 0.2) is 11.5 Å². The molecule has 0 amide bonds. The van der Waals surface area contributed by atoms with Gasteiger partial charge in [0.25, 0.3) is 0 Å². The molecule has 21 heavy (non-hydrogen) atoms. The predicted molar refractivity (Wildman–Crippen MR) is 88.0 cm³/mol. The molecule has 0 aromatic heterocycles. The second-order valence-corrected chi connectivity index (χ2v) is 6.56. The van der Waals surface area contributed by atoms with Crippen LogP contribution in [0.5, 0.6) is 11.5 Å². The van der Waals surface area contributed by atoms with E-state index in [1.165, 1.54) is 11.1 Å². The fourth-order valence-corrected chi connectivity index (χ4v) is 2.60. The fraction of sp³-hybridized carbons (Fsp3) is 0.294. The zero-order valence-corrected chi connectivity index (χ0v) is 14.0. The lowest BCUT2D eigenvalue weighted by atomic mass is 10.1. The Bertz CT molecular complexity index is 682. The zero-order valence-electron chi connectivity index (χ0n) is 12.4. The summed E-state index contributed by atoms with van der Waals surface area (Å²) in [6.45, 7) is 6.68. The van der Waals surface area contributed by atoms with E-state index < -0.39 is 5.79 Å². The van der Waals surface area contributed by atoms with E-state index in [1.54, 1.807) is 0 Å². The van der Waals surface area contributed by atoms with Gasteiger partial charge >= 0.3 is 0 Å². The normalized spacial score (nSPS) is 15.0. The number of aryl methyl sites for hydroxylation is 1. The first-order valence-electron chi connectivity index (χ1n) is 6.94. The number of anilines is 1. The van der Waals surface area contributed by atoms with Gasteiger partial charge in [-0.05, 0) is 36.2 Å². The maximum absolute atomic E-state index is 5.75. The number of ether oxygens (including phenoxy) is 2. The molecule has 4 heteroatoms. The van der Waals surface area contributed by atoms with Crippen molar-refractivity contribution in [2.24, 2.45) is 0 Å². The average Bonchev–Trinajstić information content (AvgIpc) is 2.73. The first kappa shape index (κ1) is 14.3. The van der Waals surface area contributed by atoms with E-state index in [1.807, 2.05) is 32.0 Å². The van der Waals surface area contributed by atoms with Crippen molar-refractivity contribution in [3.8, 4) is 11.5 Å². The highest BCUT2D eigenvalue weighted by Crippen LogP contribution is 2.40. The Hall–Kier alpha value is -1.68. The molecule has 0 fully saturated rings. The summed E-state index contributed by atoms with van der Waals surface area (Å²) >= 11 is 3.52. The van der Waals surface area contributed by atoms with E-state index in [9.17, 15) is 0 Å². The monoisotopic (exact) mass is 347 g/mol. The molecule has 0 aliphatic carbocycles. The van der Waals surface area contributed by atoms with Crippen LogP contribution in [0, 0.1) is 6.92 Å². The Morgan fingerprint density at radius 3 is 2.57 bits per heavy atom. The van der Waals surface area contributed by atoms with Gasteiger partial charge in [0.2, 0.25) is 5.79 Å². The number of halogens is 1. The molecule has 110 valence electrons. The van der Waals surface area contributed by atoms with Crippen LogP contribution < -0.4 is 14.8 Å². The van der Waals surface area contributed by atoms with Crippen molar-refractivity contribution in [2.75, 3.05) is 5.32 Å². The number of fused-ring (bicyclic) bond motifs is 1. The summed E-state index contributed by atoms with van der Waals surface area (Å²) in [5.74, 6) is 1.01. The van der Waals surface area contributed by atoms with E-state index in [0.717, 1.165) is 28.2 Å². The summed E-state index contributed by atoms with van der Waals surface area (Å²) in [6.07, 6.45) is 0. The Labute approximate surface area is 133 Å². The number of hydrogen-bond acceptors (Lipinski definition) is 3. The fourth-order valence-electron chi connectivity index (χ4n) is 2.35. The van der Waals surface area contributed by atoms with Crippen LogP contribution in [-0.2, 0) is 6.54 Å². The third-order valence-electron chi connectivity index (χ3n) is 3.37. The van der Waals surface area contributed by atoms with Crippen LogP contribution in [0.15, 0.2) is 40.9 Å². The van der Waals surface area contributed by atoms with Crippen LogP contribution >= 0.6 is 15.9 Å². The average molecular weight is 348 g/mol. The molecule has 2 aromatic carbocycles. The van der Waals surface area contributed by atoms with Gasteiger partial charge in [-0.2, -0.15) is 0 Å². The minimum atomic E-state index is -0.580. The Morgan fingerprint density at radius 2 is 1.81 bits per heavy atom. The molecule has 3 nitrogen and oxygen atoms in total. The molecule has 0 bridgehead atoms. The first-order chi connectivity index (χ1) is 9.93. The quantitative estimate of drug-likeness (QED) is 0.858. The van der Waals surface area contributed by atoms with Crippen molar-refractivity contribution in [1.29, 1.82) is 0 Å². The van der Waals surface area contributed by atoms with Crippen molar-refractivity contribution >= 4 is 21.6 Å². The van der Waals surface area contributed by atoms with Crippen molar-refractivity contribution in [3.05, 3.63) is 52.0 Å². The molecule has 0 atom stereocenters. The van der Waals surface area contributed by atoms with Gasteiger partial charge in [0.1, 0.15) is 0 Å². The first-order valence-corrected chi connectivity index (χ1v) is 7.73. The van der Waals surface area contributed by atoms with Crippen molar-refractivity contribution in [2.45, 2.75) is 33.1 Å². The van der Waals surface area contributed by atoms with Gasteiger partial charge in [0, 0.05) is 36.6 Å². The summed E-state index contributed by atoms with van der Waals surface area (Å²) in [7, 11) is 0. The highest BCUT2D eigenvalue weighted by Gasteiger charge is 2.31. The minimum Gasteiger partial charge on any atom is -0.449 e. The maximum atomic E-state index is 5.75. The highest BCUT2D eigenvalue weighted by molar-refractivity contribution is 9.10. The molecule has 3 rings (SSSR count). The second kappa shape index (κ2) is 5.26. The largest absolute Gasteiger partial charge is 0.449 e. The van der Waals surface area contributed by atoms with Gasteiger partial charge in [-0.3, -0.25) is 0 Å². The van der Waals surface area contributed by atoms with Crippen molar-refractivity contribution in [1.82, 2.24) is 0 Å². The lowest BCUT2D eigenvalue weighted by Crippen LogP contribution is -2.29. The molecule has 1 N–H and O–H groups in total. The third kappa shape index (κ3) is 3.16.